The van der Waals surface area contributed by atoms with Crippen LogP contribution in [0.15, 0.2) is 23.1 Å². The second-order valence-electron chi connectivity index (χ2n) is 4.49. The number of hydrogen-bond acceptors (Lipinski definition) is 2. The van der Waals surface area contributed by atoms with Gasteiger partial charge in [0.25, 0.3) is 0 Å². The maximum Gasteiger partial charge on any atom is 0.416 e. The van der Waals surface area contributed by atoms with Gasteiger partial charge in [0.15, 0.2) is 0 Å². The molecule has 0 aromatic heterocycles. The third-order valence-corrected chi connectivity index (χ3v) is 4.43. The summed E-state index contributed by atoms with van der Waals surface area (Å²) < 4.78 is 37.8. The first-order chi connectivity index (χ1) is 7.88. The van der Waals surface area contributed by atoms with E-state index >= 15 is 0 Å². The zero-order valence-corrected chi connectivity index (χ0v) is 10.5. The Morgan fingerprint density at radius 3 is 2.65 bits per heavy atom. The highest BCUT2D eigenvalue weighted by atomic mass is 32.2. The zero-order chi connectivity index (χ0) is 12.6. The molecule has 0 saturated heterocycles. The Hall–Kier alpha value is -0.840. The lowest BCUT2D eigenvalue weighted by Gasteiger charge is -2.28. The molecule has 1 aliphatic heterocycles. The first-order valence-corrected chi connectivity index (χ1v) is 6.37. The summed E-state index contributed by atoms with van der Waals surface area (Å²) >= 11 is 1.53. The van der Waals surface area contributed by atoms with Crippen molar-refractivity contribution in [3.8, 4) is 0 Å². The smallest absolute Gasteiger partial charge is 0.383 e. The molecule has 94 valence electrons. The van der Waals surface area contributed by atoms with Crippen molar-refractivity contribution in [1.82, 2.24) is 0 Å². The molecule has 0 spiro atoms. The van der Waals surface area contributed by atoms with Crippen LogP contribution in [0.3, 0.4) is 0 Å². The Morgan fingerprint density at radius 2 is 2.06 bits per heavy atom. The van der Waals surface area contributed by atoms with Crippen molar-refractivity contribution in [2.24, 2.45) is 5.92 Å². The van der Waals surface area contributed by atoms with E-state index in [0.717, 1.165) is 18.3 Å². The van der Waals surface area contributed by atoms with Crippen LogP contribution in [-0.4, -0.2) is 11.8 Å². The van der Waals surface area contributed by atoms with Gasteiger partial charge in [0, 0.05) is 22.4 Å². The molecular formula is C12H14F3NS. The summed E-state index contributed by atoms with van der Waals surface area (Å²) in [6.07, 6.45) is -4.26. The monoisotopic (exact) mass is 261 g/mol. The molecule has 0 saturated carbocycles. The SMILES string of the molecule is CC(C)C1CNc2ccc(C(F)(F)F)cc2S1. The number of fused-ring (bicyclic) bond motifs is 1. The second kappa shape index (κ2) is 4.44. The molecule has 1 atom stereocenters. The predicted octanol–water partition coefficient (Wildman–Crippen LogP) is 4.25. The molecule has 1 N–H and O–H groups in total. The molecular weight excluding hydrogens is 247 g/mol. The fraction of sp³-hybridized carbons (Fsp3) is 0.500. The summed E-state index contributed by atoms with van der Waals surface area (Å²) in [5.74, 6) is 0.440. The molecule has 1 nitrogen and oxygen atoms in total. The van der Waals surface area contributed by atoms with Crippen molar-refractivity contribution in [3.63, 3.8) is 0 Å². The van der Waals surface area contributed by atoms with E-state index in [1.165, 1.54) is 23.9 Å². The van der Waals surface area contributed by atoms with E-state index in [9.17, 15) is 13.2 Å². The highest BCUT2D eigenvalue weighted by Crippen LogP contribution is 2.41. The van der Waals surface area contributed by atoms with Gasteiger partial charge >= 0.3 is 6.18 Å². The van der Waals surface area contributed by atoms with Gasteiger partial charge in [0.1, 0.15) is 0 Å². The number of alkyl halides is 3. The molecule has 5 heteroatoms. The van der Waals surface area contributed by atoms with Crippen molar-refractivity contribution in [2.45, 2.75) is 30.2 Å². The lowest BCUT2D eigenvalue weighted by Crippen LogP contribution is -2.26. The number of nitrogens with one attached hydrogen (secondary N) is 1. The molecule has 1 unspecified atom stereocenters. The van der Waals surface area contributed by atoms with Gasteiger partial charge in [-0.2, -0.15) is 13.2 Å². The number of anilines is 1. The second-order valence-corrected chi connectivity index (χ2v) is 5.77. The van der Waals surface area contributed by atoms with Crippen molar-refractivity contribution >= 4 is 17.4 Å². The summed E-state index contributed by atoms with van der Waals surface area (Å²) in [6, 6.07) is 3.88. The largest absolute Gasteiger partial charge is 0.416 e. The topological polar surface area (TPSA) is 12.0 Å². The average molecular weight is 261 g/mol. The predicted molar refractivity (Wildman–Crippen MR) is 64.4 cm³/mol. The number of thioether (sulfide) groups is 1. The molecule has 0 radical (unpaired) electrons. The van der Waals surface area contributed by atoms with Crippen LogP contribution >= 0.6 is 11.8 Å². The third kappa shape index (κ3) is 2.70. The summed E-state index contributed by atoms with van der Waals surface area (Å²) in [5.41, 5.74) is 0.231. The molecule has 1 aromatic rings. The molecule has 0 fully saturated rings. The molecule has 1 heterocycles. The van der Waals surface area contributed by atoms with Crippen LogP contribution in [-0.2, 0) is 6.18 Å². The molecule has 0 amide bonds. The molecule has 1 aromatic carbocycles. The molecule has 0 aliphatic carbocycles. The summed E-state index contributed by atoms with van der Waals surface area (Å²) in [5, 5.41) is 3.51. The van der Waals surface area contributed by atoms with Crippen LogP contribution in [0.1, 0.15) is 19.4 Å². The van der Waals surface area contributed by atoms with E-state index in [0.29, 0.717) is 16.1 Å². The first-order valence-electron chi connectivity index (χ1n) is 5.49. The van der Waals surface area contributed by atoms with Crippen molar-refractivity contribution < 1.29 is 13.2 Å². The molecule has 2 rings (SSSR count). The van der Waals surface area contributed by atoms with Crippen LogP contribution in [0.4, 0.5) is 18.9 Å². The van der Waals surface area contributed by atoms with Gasteiger partial charge in [-0.05, 0) is 24.1 Å². The van der Waals surface area contributed by atoms with Crippen molar-refractivity contribution in [3.05, 3.63) is 23.8 Å². The Kier molecular flexibility index (Phi) is 3.30. The maximum absolute atomic E-state index is 12.6. The van der Waals surface area contributed by atoms with Gasteiger partial charge in [-0.3, -0.25) is 0 Å². The zero-order valence-electron chi connectivity index (χ0n) is 9.64. The summed E-state index contributed by atoms with van der Waals surface area (Å²) in [4.78, 5) is 0.699. The first kappa shape index (κ1) is 12.6. The van der Waals surface area contributed by atoms with Gasteiger partial charge in [-0.15, -0.1) is 11.8 Å². The summed E-state index contributed by atoms with van der Waals surface area (Å²) in [6.45, 7) is 4.97. The van der Waals surface area contributed by atoms with E-state index in [4.69, 9.17) is 0 Å². The summed E-state index contributed by atoms with van der Waals surface area (Å²) in [7, 11) is 0. The van der Waals surface area contributed by atoms with Gasteiger partial charge in [-0.25, -0.2) is 0 Å². The van der Waals surface area contributed by atoms with Crippen molar-refractivity contribution in [1.29, 1.82) is 0 Å². The van der Waals surface area contributed by atoms with Crippen LogP contribution in [0, 0.1) is 5.92 Å². The normalized spacial score (nSPS) is 20.0. The quantitative estimate of drug-likeness (QED) is 0.811. The Labute approximate surface area is 103 Å². The van der Waals surface area contributed by atoms with E-state index < -0.39 is 11.7 Å². The van der Waals surface area contributed by atoms with E-state index in [2.05, 4.69) is 19.2 Å². The van der Waals surface area contributed by atoms with Crippen LogP contribution < -0.4 is 5.32 Å². The highest BCUT2D eigenvalue weighted by Gasteiger charge is 2.32. The number of rotatable bonds is 1. The van der Waals surface area contributed by atoms with E-state index in [1.807, 2.05) is 0 Å². The van der Waals surface area contributed by atoms with E-state index in [-0.39, 0.29) is 0 Å². The van der Waals surface area contributed by atoms with Gasteiger partial charge in [-0.1, -0.05) is 13.8 Å². The third-order valence-electron chi connectivity index (χ3n) is 2.82. The van der Waals surface area contributed by atoms with Crippen molar-refractivity contribution in [2.75, 3.05) is 11.9 Å². The minimum absolute atomic E-state index is 0.325. The highest BCUT2D eigenvalue weighted by molar-refractivity contribution is 8.00. The standard InChI is InChI=1S/C12H14F3NS/c1-7(2)11-6-16-9-4-3-8(12(13,14)15)5-10(9)17-11/h3-5,7,11,16H,6H2,1-2H3. The minimum Gasteiger partial charge on any atom is -0.383 e. The van der Waals surface area contributed by atoms with Gasteiger partial charge in [0.05, 0.1) is 5.56 Å². The number of halogens is 3. The molecule has 17 heavy (non-hydrogen) atoms. The fourth-order valence-corrected chi connectivity index (χ4v) is 2.96. The van der Waals surface area contributed by atoms with Gasteiger partial charge in [0.2, 0.25) is 0 Å². The Bertz CT molecular complexity index is 415. The van der Waals surface area contributed by atoms with Crippen LogP contribution in [0.25, 0.3) is 0 Å². The lowest BCUT2D eigenvalue weighted by atomic mass is 10.1. The van der Waals surface area contributed by atoms with Crippen LogP contribution in [0.2, 0.25) is 0 Å². The van der Waals surface area contributed by atoms with Crippen LogP contribution in [0.5, 0.6) is 0 Å². The Morgan fingerprint density at radius 1 is 1.35 bits per heavy atom. The van der Waals surface area contributed by atoms with Gasteiger partial charge < -0.3 is 5.32 Å². The number of benzene rings is 1. The number of hydrogen-bond donors (Lipinski definition) is 1. The fourth-order valence-electron chi connectivity index (χ4n) is 1.73. The Balaban J connectivity index is 2.29. The molecule has 1 aliphatic rings. The van der Waals surface area contributed by atoms with E-state index in [1.54, 1.807) is 0 Å². The maximum atomic E-state index is 12.6. The minimum atomic E-state index is -4.26. The average Bonchev–Trinajstić information content (AvgIpc) is 2.26. The molecule has 0 bridgehead atoms. The lowest BCUT2D eigenvalue weighted by molar-refractivity contribution is -0.137.